The molecule has 20 heavy (non-hydrogen) atoms. The molecular formula is C14H12BrN3O2. The van der Waals surface area contributed by atoms with Crippen molar-refractivity contribution in [2.75, 3.05) is 5.43 Å². The highest BCUT2D eigenvalue weighted by atomic mass is 79.9. The highest BCUT2D eigenvalue weighted by Crippen LogP contribution is 2.17. The zero-order chi connectivity index (χ0) is 14.5. The molecule has 0 amide bonds. The lowest BCUT2D eigenvalue weighted by atomic mass is 10.1. The first-order chi connectivity index (χ1) is 9.56. The van der Waals surface area contributed by atoms with Crippen LogP contribution in [0.15, 0.2) is 58.1 Å². The molecule has 0 spiro atoms. The van der Waals surface area contributed by atoms with E-state index in [1.165, 1.54) is 12.1 Å². The van der Waals surface area contributed by atoms with Crippen LogP contribution in [0.4, 0.5) is 11.4 Å². The van der Waals surface area contributed by atoms with Crippen molar-refractivity contribution >= 4 is 33.0 Å². The Kier molecular flexibility index (Phi) is 4.47. The number of benzene rings is 2. The molecule has 102 valence electrons. The van der Waals surface area contributed by atoms with Crippen LogP contribution >= 0.6 is 15.9 Å². The van der Waals surface area contributed by atoms with Crippen molar-refractivity contribution < 1.29 is 4.92 Å². The first-order valence-electron chi connectivity index (χ1n) is 5.87. The Morgan fingerprint density at radius 1 is 1.25 bits per heavy atom. The summed E-state index contributed by atoms with van der Waals surface area (Å²) in [7, 11) is 0. The van der Waals surface area contributed by atoms with Gasteiger partial charge in [0.25, 0.3) is 5.69 Å². The molecule has 0 aliphatic carbocycles. The lowest BCUT2D eigenvalue weighted by molar-refractivity contribution is -0.384. The lowest BCUT2D eigenvalue weighted by Crippen LogP contribution is -2.00. The standard InChI is InChI=1S/C14H12BrN3O2/c1-10(11-4-2-5-12(15)8-11)16-17-13-6-3-7-14(9-13)18(19)20/h2-9,17H,1H3/b16-10-. The van der Waals surface area contributed by atoms with E-state index in [0.717, 1.165) is 15.7 Å². The molecule has 1 N–H and O–H groups in total. The van der Waals surface area contributed by atoms with Crippen molar-refractivity contribution in [3.05, 3.63) is 68.7 Å². The molecule has 5 nitrogen and oxygen atoms in total. The lowest BCUT2D eigenvalue weighted by Gasteiger charge is -2.04. The maximum atomic E-state index is 10.7. The van der Waals surface area contributed by atoms with Gasteiger partial charge in [-0.15, -0.1) is 0 Å². The van der Waals surface area contributed by atoms with E-state index in [0.29, 0.717) is 5.69 Å². The van der Waals surface area contributed by atoms with E-state index in [4.69, 9.17) is 0 Å². The monoisotopic (exact) mass is 333 g/mol. The Hall–Kier alpha value is -2.21. The van der Waals surface area contributed by atoms with Crippen LogP contribution < -0.4 is 5.43 Å². The van der Waals surface area contributed by atoms with Gasteiger partial charge in [-0.3, -0.25) is 15.5 Å². The van der Waals surface area contributed by atoms with Gasteiger partial charge < -0.3 is 0 Å². The zero-order valence-electron chi connectivity index (χ0n) is 10.7. The first-order valence-corrected chi connectivity index (χ1v) is 6.66. The fourth-order valence-electron chi connectivity index (χ4n) is 1.62. The number of nitrogens with zero attached hydrogens (tertiary/aromatic N) is 2. The van der Waals surface area contributed by atoms with E-state index >= 15 is 0 Å². The first kappa shape index (κ1) is 14.2. The van der Waals surface area contributed by atoms with Crippen LogP contribution in [0.5, 0.6) is 0 Å². The highest BCUT2D eigenvalue weighted by Gasteiger charge is 2.05. The molecular weight excluding hydrogens is 322 g/mol. The fraction of sp³-hybridized carbons (Fsp3) is 0.0714. The van der Waals surface area contributed by atoms with Crippen molar-refractivity contribution in [3.63, 3.8) is 0 Å². The average molecular weight is 334 g/mol. The number of rotatable bonds is 4. The predicted molar refractivity (Wildman–Crippen MR) is 83.1 cm³/mol. The van der Waals surface area contributed by atoms with E-state index in [1.54, 1.807) is 12.1 Å². The van der Waals surface area contributed by atoms with Gasteiger partial charge in [-0.25, -0.2) is 0 Å². The molecule has 0 bridgehead atoms. The summed E-state index contributed by atoms with van der Waals surface area (Å²) in [6, 6.07) is 14.0. The number of halogens is 1. The normalized spacial score (nSPS) is 11.2. The smallest absolute Gasteiger partial charge is 0.271 e. The number of hydrazone groups is 1. The number of anilines is 1. The van der Waals surface area contributed by atoms with Gasteiger partial charge in [0.2, 0.25) is 0 Å². The third-order valence-corrected chi connectivity index (χ3v) is 3.15. The van der Waals surface area contributed by atoms with Crippen molar-refractivity contribution in [2.45, 2.75) is 6.92 Å². The van der Waals surface area contributed by atoms with Crippen LogP contribution in [-0.2, 0) is 0 Å². The van der Waals surface area contributed by atoms with Gasteiger partial charge in [0.15, 0.2) is 0 Å². The summed E-state index contributed by atoms with van der Waals surface area (Å²) >= 11 is 3.40. The number of nitrogens with one attached hydrogen (secondary N) is 1. The van der Waals surface area contributed by atoms with Crippen molar-refractivity contribution in [1.29, 1.82) is 0 Å². The Balaban J connectivity index is 2.16. The molecule has 0 aromatic heterocycles. The molecule has 0 heterocycles. The van der Waals surface area contributed by atoms with Gasteiger partial charge in [0, 0.05) is 16.6 Å². The molecule has 0 aliphatic rings. The van der Waals surface area contributed by atoms with Gasteiger partial charge in [-0.2, -0.15) is 5.10 Å². The largest absolute Gasteiger partial charge is 0.278 e. The summed E-state index contributed by atoms with van der Waals surface area (Å²) in [5.74, 6) is 0. The summed E-state index contributed by atoms with van der Waals surface area (Å²) in [6.07, 6.45) is 0. The second-order valence-corrected chi connectivity index (χ2v) is 5.04. The summed E-state index contributed by atoms with van der Waals surface area (Å²) in [4.78, 5) is 10.3. The molecule has 2 rings (SSSR count). The quantitative estimate of drug-likeness (QED) is 0.518. The second kappa shape index (κ2) is 6.29. The molecule has 0 radical (unpaired) electrons. The number of nitro groups is 1. The van der Waals surface area contributed by atoms with Crippen LogP contribution in [-0.4, -0.2) is 10.6 Å². The van der Waals surface area contributed by atoms with Gasteiger partial charge >= 0.3 is 0 Å². The van der Waals surface area contributed by atoms with E-state index < -0.39 is 4.92 Å². The Morgan fingerprint density at radius 3 is 2.70 bits per heavy atom. The molecule has 2 aromatic rings. The molecule has 2 aromatic carbocycles. The van der Waals surface area contributed by atoms with E-state index in [2.05, 4.69) is 26.5 Å². The van der Waals surface area contributed by atoms with Gasteiger partial charge in [0.1, 0.15) is 0 Å². The molecule has 0 fully saturated rings. The van der Waals surface area contributed by atoms with Crippen LogP contribution in [0, 0.1) is 10.1 Å². The Bertz CT molecular complexity index is 671. The molecule has 0 aliphatic heterocycles. The topological polar surface area (TPSA) is 67.5 Å². The summed E-state index contributed by atoms with van der Waals surface area (Å²) in [5, 5.41) is 14.9. The third kappa shape index (κ3) is 3.64. The SMILES string of the molecule is C/C(=N/Nc1cccc([N+](=O)[O-])c1)c1cccc(Br)c1. The molecule has 0 unspecified atom stereocenters. The van der Waals surface area contributed by atoms with E-state index in [9.17, 15) is 10.1 Å². The van der Waals surface area contributed by atoms with Gasteiger partial charge in [-0.1, -0.05) is 34.1 Å². The average Bonchev–Trinajstić information content (AvgIpc) is 2.45. The maximum Gasteiger partial charge on any atom is 0.271 e. The number of hydrogen-bond acceptors (Lipinski definition) is 4. The van der Waals surface area contributed by atoms with Gasteiger partial charge in [-0.05, 0) is 30.7 Å². The second-order valence-electron chi connectivity index (χ2n) is 4.13. The zero-order valence-corrected chi connectivity index (χ0v) is 12.3. The third-order valence-electron chi connectivity index (χ3n) is 2.65. The van der Waals surface area contributed by atoms with Crippen molar-refractivity contribution in [2.24, 2.45) is 5.10 Å². The van der Waals surface area contributed by atoms with Crippen LogP contribution in [0.25, 0.3) is 0 Å². The van der Waals surface area contributed by atoms with E-state index in [1.807, 2.05) is 31.2 Å². The molecule has 0 atom stereocenters. The predicted octanol–water partition coefficient (Wildman–Crippen LogP) is 4.19. The van der Waals surface area contributed by atoms with Crippen LogP contribution in [0.3, 0.4) is 0 Å². The minimum atomic E-state index is -0.434. The number of nitro benzene ring substituents is 1. The molecule has 0 saturated carbocycles. The highest BCUT2D eigenvalue weighted by molar-refractivity contribution is 9.10. The summed E-state index contributed by atoms with van der Waals surface area (Å²) in [5.41, 5.74) is 5.20. The Morgan fingerprint density at radius 2 is 2.00 bits per heavy atom. The fourth-order valence-corrected chi connectivity index (χ4v) is 2.01. The molecule has 6 heteroatoms. The van der Waals surface area contributed by atoms with E-state index in [-0.39, 0.29) is 5.69 Å². The van der Waals surface area contributed by atoms with Gasteiger partial charge in [0.05, 0.1) is 16.3 Å². The maximum absolute atomic E-state index is 10.7. The number of non-ortho nitro benzene ring substituents is 1. The van der Waals surface area contributed by atoms with Crippen LogP contribution in [0.1, 0.15) is 12.5 Å². The number of hydrogen-bond donors (Lipinski definition) is 1. The minimum absolute atomic E-state index is 0.0327. The van der Waals surface area contributed by atoms with Crippen LogP contribution in [0.2, 0.25) is 0 Å². The van der Waals surface area contributed by atoms with Crippen molar-refractivity contribution in [1.82, 2.24) is 0 Å². The summed E-state index contributed by atoms with van der Waals surface area (Å²) in [6.45, 7) is 1.87. The minimum Gasteiger partial charge on any atom is -0.278 e. The molecule has 0 saturated heterocycles. The summed E-state index contributed by atoms with van der Waals surface area (Å²) < 4.78 is 0.972. The Labute approximate surface area is 124 Å². The van der Waals surface area contributed by atoms with Crippen molar-refractivity contribution in [3.8, 4) is 0 Å².